The van der Waals surface area contributed by atoms with Crippen molar-refractivity contribution in [3.05, 3.63) is 17.4 Å². The van der Waals surface area contributed by atoms with Gasteiger partial charge in [-0.2, -0.15) is 4.31 Å². The van der Waals surface area contributed by atoms with Crippen LogP contribution < -0.4 is 5.73 Å². The van der Waals surface area contributed by atoms with Crippen molar-refractivity contribution in [1.29, 1.82) is 0 Å². The Labute approximate surface area is 124 Å². The van der Waals surface area contributed by atoms with Crippen LogP contribution in [0.25, 0.3) is 0 Å². The lowest BCUT2D eigenvalue weighted by Gasteiger charge is -2.21. The fourth-order valence-electron chi connectivity index (χ4n) is 2.37. The SMILES string of the molecule is COC(=O)c1cc(S(=O)(=O)N2CCC(C)(CN)C2)oc1C. The number of hydrogen-bond acceptors (Lipinski definition) is 6. The Morgan fingerprint density at radius 2 is 2.24 bits per heavy atom. The van der Waals surface area contributed by atoms with E-state index in [2.05, 4.69) is 4.74 Å². The second-order valence-electron chi connectivity index (χ2n) is 5.63. The lowest BCUT2D eigenvalue weighted by molar-refractivity contribution is 0.0599. The monoisotopic (exact) mass is 316 g/mol. The number of carbonyl (C=O) groups excluding carboxylic acids is 1. The van der Waals surface area contributed by atoms with Crippen LogP contribution in [0, 0.1) is 12.3 Å². The van der Waals surface area contributed by atoms with E-state index in [0.717, 1.165) is 0 Å². The Hall–Kier alpha value is -1.38. The van der Waals surface area contributed by atoms with Gasteiger partial charge in [0.25, 0.3) is 10.0 Å². The zero-order chi connectivity index (χ0) is 15.8. The number of carbonyl (C=O) groups is 1. The van der Waals surface area contributed by atoms with Gasteiger partial charge in [-0.3, -0.25) is 0 Å². The lowest BCUT2D eigenvalue weighted by Crippen LogP contribution is -2.34. The van der Waals surface area contributed by atoms with Gasteiger partial charge in [-0.25, -0.2) is 13.2 Å². The minimum absolute atomic E-state index is 0.122. The molecule has 1 aliphatic heterocycles. The van der Waals surface area contributed by atoms with Crippen LogP contribution in [0.1, 0.15) is 29.5 Å². The Kier molecular flexibility index (Phi) is 4.14. The molecule has 0 aliphatic carbocycles. The molecule has 2 rings (SSSR count). The van der Waals surface area contributed by atoms with Gasteiger partial charge in [0.15, 0.2) is 0 Å². The first-order valence-corrected chi connectivity index (χ1v) is 8.06. The number of sulfonamides is 1. The molecule has 0 bridgehead atoms. The molecule has 0 aromatic carbocycles. The first-order valence-electron chi connectivity index (χ1n) is 6.62. The number of hydrogen-bond donors (Lipinski definition) is 1. The topological polar surface area (TPSA) is 103 Å². The second-order valence-corrected chi connectivity index (χ2v) is 7.50. The minimum Gasteiger partial charge on any atom is -0.465 e. The van der Waals surface area contributed by atoms with E-state index in [1.54, 1.807) is 0 Å². The van der Waals surface area contributed by atoms with E-state index in [4.69, 9.17) is 10.2 Å². The molecule has 0 spiro atoms. The largest absolute Gasteiger partial charge is 0.465 e. The quantitative estimate of drug-likeness (QED) is 0.822. The molecule has 2 N–H and O–H groups in total. The van der Waals surface area contributed by atoms with Crippen molar-refractivity contribution in [2.45, 2.75) is 25.4 Å². The highest BCUT2D eigenvalue weighted by molar-refractivity contribution is 7.89. The normalized spacial score (nSPS) is 23.4. The number of methoxy groups -OCH3 is 1. The fourth-order valence-corrected chi connectivity index (χ4v) is 3.94. The van der Waals surface area contributed by atoms with Crippen LogP contribution >= 0.6 is 0 Å². The Morgan fingerprint density at radius 1 is 1.57 bits per heavy atom. The van der Waals surface area contributed by atoms with E-state index in [0.29, 0.717) is 26.1 Å². The highest BCUT2D eigenvalue weighted by Crippen LogP contribution is 2.33. The molecule has 1 atom stereocenters. The van der Waals surface area contributed by atoms with Crippen LogP contribution in [0.5, 0.6) is 0 Å². The van der Waals surface area contributed by atoms with Gasteiger partial charge in [0.1, 0.15) is 11.3 Å². The predicted octanol–water partition coefficient (Wildman–Crippen LogP) is 0.734. The van der Waals surface area contributed by atoms with E-state index in [1.807, 2.05) is 6.92 Å². The van der Waals surface area contributed by atoms with E-state index in [9.17, 15) is 13.2 Å². The van der Waals surface area contributed by atoms with Crippen LogP contribution in [0.2, 0.25) is 0 Å². The van der Waals surface area contributed by atoms with Crippen molar-refractivity contribution in [1.82, 2.24) is 4.31 Å². The number of furan rings is 1. The predicted molar refractivity (Wildman–Crippen MR) is 75.3 cm³/mol. The molecule has 1 aromatic rings. The molecular weight excluding hydrogens is 296 g/mol. The summed E-state index contributed by atoms with van der Waals surface area (Å²) in [5, 5.41) is -0.235. The molecule has 2 heterocycles. The van der Waals surface area contributed by atoms with Crippen LogP contribution in [-0.4, -0.2) is 45.4 Å². The van der Waals surface area contributed by atoms with Gasteiger partial charge in [-0.1, -0.05) is 6.92 Å². The van der Waals surface area contributed by atoms with Crippen LogP contribution in [0.15, 0.2) is 15.6 Å². The average molecular weight is 316 g/mol. The standard InChI is InChI=1S/C13H20N2O5S/c1-9-10(12(16)19-3)6-11(20-9)21(17,18)15-5-4-13(2,7-14)8-15/h6H,4-5,7-8,14H2,1-3H3. The third-order valence-electron chi connectivity index (χ3n) is 3.91. The van der Waals surface area contributed by atoms with Crippen molar-refractivity contribution in [3.63, 3.8) is 0 Å². The Morgan fingerprint density at radius 3 is 2.76 bits per heavy atom. The number of aryl methyl sites for hydroxylation is 1. The first-order chi connectivity index (χ1) is 9.73. The van der Waals surface area contributed by atoms with Crippen molar-refractivity contribution in [2.75, 3.05) is 26.7 Å². The van der Waals surface area contributed by atoms with Gasteiger partial charge in [0.2, 0.25) is 5.09 Å². The van der Waals surface area contributed by atoms with Crippen molar-refractivity contribution in [2.24, 2.45) is 11.1 Å². The van der Waals surface area contributed by atoms with Gasteiger partial charge in [0.05, 0.1) is 7.11 Å². The maximum absolute atomic E-state index is 12.6. The molecule has 21 heavy (non-hydrogen) atoms. The highest BCUT2D eigenvalue weighted by atomic mass is 32.2. The molecule has 1 saturated heterocycles. The fraction of sp³-hybridized carbons (Fsp3) is 0.615. The summed E-state index contributed by atoms with van der Waals surface area (Å²) in [6, 6.07) is 1.22. The first kappa shape index (κ1) is 16.0. The maximum Gasteiger partial charge on any atom is 0.341 e. The van der Waals surface area contributed by atoms with Crippen LogP contribution in [-0.2, 0) is 14.8 Å². The maximum atomic E-state index is 12.6. The zero-order valence-electron chi connectivity index (χ0n) is 12.4. The summed E-state index contributed by atoms with van der Waals surface area (Å²) in [5.74, 6) is -0.396. The summed E-state index contributed by atoms with van der Waals surface area (Å²) in [5.41, 5.74) is 5.59. The van der Waals surface area contributed by atoms with E-state index < -0.39 is 16.0 Å². The number of ether oxygens (including phenoxy) is 1. The Bertz CT molecular complexity index is 652. The molecule has 1 aliphatic rings. The van der Waals surface area contributed by atoms with Crippen molar-refractivity contribution >= 4 is 16.0 Å². The summed E-state index contributed by atoms with van der Waals surface area (Å²) in [6.07, 6.45) is 0.701. The summed E-state index contributed by atoms with van der Waals surface area (Å²) in [4.78, 5) is 11.5. The summed E-state index contributed by atoms with van der Waals surface area (Å²) >= 11 is 0. The third-order valence-corrected chi connectivity index (χ3v) is 5.61. The van der Waals surface area contributed by atoms with Crippen molar-refractivity contribution < 1.29 is 22.4 Å². The highest BCUT2D eigenvalue weighted by Gasteiger charge is 2.40. The Balaban J connectivity index is 2.31. The second kappa shape index (κ2) is 5.43. The summed E-state index contributed by atoms with van der Waals surface area (Å²) in [6.45, 7) is 4.64. The molecule has 8 heteroatoms. The van der Waals surface area contributed by atoms with Gasteiger partial charge in [-0.05, 0) is 25.3 Å². The molecule has 1 aromatic heterocycles. The molecule has 118 valence electrons. The summed E-state index contributed by atoms with van der Waals surface area (Å²) in [7, 11) is -2.53. The number of nitrogens with two attached hydrogens (primary N) is 1. The molecule has 0 amide bonds. The molecule has 1 fully saturated rings. The third kappa shape index (κ3) is 2.83. The molecule has 7 nitrogen and oxygen atoms in total. The van der Waals surface area contributed by atoms with Crippen molar-refractivity contribution in [3.8, 4) is 0 Å². The summed E-state index contributed by atoms with van der Waals surface area (Å²) < 4.78 is 36.3. The number of nitrogens with zero attached hydrogens (tertiary/aromatic N) is 1. The van der Waals surface area contributed by atoms with Gasteiger partial charge in [0, 0.05) is 19.2 Å². The number of rotatable bonds is 4. The average Bonchev–Trinajstić information content (AvgIpc) is 3.03. The van der Waals surface area contributed by atoms with E-state index in [1.165, 1.54) is 24.4 Å². The smallest absolute Gasteiger partial charge is 0.341 e. The van der Waals surface area contributed by atoms with E-state index in [-0.39, 0.29) is 21.8 Å². The van der Waals surface area contributed by atoms with E-state index >= 15 is 0 Å². The van der Waals surface area contributed by atoms with Crippen LogP contribution in [0.3, 0.4) is 0 Å². The molecular formula is C13H20N2O5S. The molecule has 0 radical (unpaired) electrons. The van der Waals surface area contributed by atoms with Gasteiger partial charge < -0.3 is 14.9 Å². The lowest BCUT2D eigenvalue weighted by atomic mass is 9.90. The minimum atomic E-state index is -3.76. The van der Waals surface area contributed by atoms with Gasteiger partial charge >= 0.3 is 5.97 Å². The zero-order valence-corrected chi connectivity index (χ0v) is 13.2. The van der Waals surface area contributed by atoms with Gasteiger partial charge in [-0.15, -0.1) is 0 Å². The molecule has 1 unspecified atom stereocenters. The molecule has 0 saturated carbocycles. The number of esters is 1. The van der Waals surface area contributed by atoms with Crippen LogP contribution in [0.4, 0.5) is 0 Å².